The first-order chi connectivity index (χ1) is 4.33. The zero-order chi connectivity index (χ0) is 6.69. The van der Waals surface area contributed by atoms with Gasteiger partial charge >= 0.3 is 0 Å². The summed E-state index contributed by atoms with van der Waals surface area (Å²) in [6.45, 7) is 3.65. The van der Waals surface area contributed by atoms with E-state index in [2.05, 4.69) is 6.58 Å². The summed E-state index contributed by atoms with van der Waals surface area (Å²) in [5, 5.41) is 0. The van der Waals surface area contributed by atoms with Crippen molar-refractivity contribution in [1.29, 1.82) is 0 Å². The molecule has 9 heavy (non-hydrogen) atoms. The average molecular weight is 125 g/mol. The van der Waals surface area contributed by atoms with Crippen molar-refractivity contribution in [2.24, 2.45) is 11.7 Å². The molecule has 0 radical (unpaired) electrons. The highest BCUT2D eigenvalue weighted by molar-refractivity contribution is 4.86. The van der Waals surface area contributed by atoms with Gasteiger partial charge in [-0.15, -0.1) is 6.58 Å². The maximum atomic E-state index is 5.67. The first-order valence-electron chi connectivity index (χ1n) is 3.71. The normalized spacial score (nSPS) is 22.8. The largest absolute Gasteiger partial charge is 0.324 e. The average Bonchev–Trinajstić information content (AvgIpc) is 1.78. The second-order valence-electron chi connectivity index (χ2n) is 2.93. The molecule has 1 heteroatoms. The van der Waals surface area contributed by atoms with Crippen molar-refractivity contribution in [3.8, 4) is 0 Å². The SMILES string of the molecule is C=CC(N)CC1CCC1. The third-order valence-electron chi connectivity index (χ3n) is 2.13. The molecule has 1 nitrogen and oxygen atoms in total. The summed E-state index contributed by atoms with van der Waals surface area (Å²) >= 11 is 0. The molecule has 0 amide bonds. The van der Waals surface area contributed by atoms with Crippen LogP contribution in [-0.4, -0.2) is 6.04 Å². The molecule has 1 unspecified atom stereocenters. The molecule has 0 aliphatic heterocycles. The first kappa shape index (κ1) is 6.81. The number of rotatable bonds is 3. The molecule has 0 aromatic carbocycles. The smallest absolute Gasteiger partial charge is 0.0223 e. The molecule has 0 saturated heterocycles. The lowest BCUT2D eigenvalue weighted by Gasteiger charge is -2.26. The summed E-state index contributed by atoms with van der Waals surface area (Å²) in [6.07, 6.45) is 7.19. The minimum absolute atomic E-state index is 0.246. The zero-order valence-corrected chi connectivity index (χ0v) is 5.84. The van der Waals surface area contributed by atoms with E-state index in [1.807, 2.05) is 6.08 Å². The van der Waals surface area contributed by atoms with Crippen LogP contribution in [0.4, 0.5) is 0 Å². The van der Waals surface area contributed by atoms with Gasteiger partial charge in [-0.25, -0.2) is 0 Å². The Hall–Kier alpha value is -0.300. The molecule has 0 spiro atoms. The minimum atomic E-state index is 0.246. The van der Waals surface area contributed by atoms with Crippen molar-refractivity contribution in [2.75, 3.05) is 0 Å². The van der Waals surface area contributed by atoms with E-state index in [0.29, 0.717) is 0 Å². The van der Waals surface area contributed by atoms with Gasteiger partial charge in [-0.3, -0.25) is 0 Å². The molecule has 0 heterocycles. The van der Waals surface area contributed by atoms with Gasteiger partial charge in [0.2, 0.25) is 0 Å². The van der Waals surface area contributed by atoms with Crippen molar-refractivity contribution < 1.29 is 0 Å². The fourth-order valence-electron chi connectivity index (χ4n) is 1.21. The molecular weight excluding hydrogens is 110 g/mol. The van der Waals surface area contributed by atoms with Crippen LogP contribution in [0.3, 0.4) is 0 Å². The Morgan fingerprint density at radius 3 is 2.67 bits per heavy atom. The van der Waals surface area contributed by atoms with E-state index in [-0.39, 0.29) is 6.04 Å². The number of nitrogens with two attached hydrogens (primary N) is 1. The van der Waals surface area contributed by atoms with Gasteiger partial charge in [-0.05, 0) is 12.3 Å². The van der Waals surface area contributed by atoms with Crippen LogP contribution in [0.2, 0.25) is 0 Å². The second kappa shape index (κ2) is 3.02. The highest BCUT2D eigenvalue weighted by Gasteiger charge is 2.18. The van der Waals surface area contributed by atoms with Crippen LogP contribution in [0.25, 0.3) is 0 Å². The lowest BCUT2D eigenvalue weighted by Crippen LogP contribution is -2.24. The molecule has 1 fully saturated rings. The molecule has 0 aromatic heterocycles. The molecule has 0 bridgehead atoms. The van der Waals surface area contributed by atoms with E-state index >= 15 is 0 Å². The summed E-state index contributed by atoms with van der Waals surface area (Å²) in [5.41, 5.74) is 5.67. The summed E-state index contributed by atoms with van der Waals surface area (Å²) in [7, 11) is 0. The van der Waals surface area contributed by atoms with Gasteiger partial charge in [0.1, 0.15) is 0 Å². The topological polar surface area (TPSA) is 26.0 Å². The third-order valence-corrected chi connectivity index (χ3v) is 2.13. The zero-order valence-electron chi connectivity index (χ0n) is 5.84. The maximum absolute atomic E-state index is 5.67. The lowest BCUT2D eigenvalue weighted by atomic mass is 9.81. The highest BCUT2D eigenvalue weighted by Crippen LogP contribution is 2.29. The Bertz CT molecular complexity index is 94.7. The molecule has 1 saturated carbocycles. The van der Waals surface area contributed by atoms with E-state index in [0.717, 1.165) is 12.3 Å². The molecular formula is C8H15N. The highest BCUT2D eigenvalue weighted by atomic mass is 14.6. The standard InChI is InChI=1S/C8H15N/c1-2-8(9)6-7-4-3-5-7/h2,7-8H,1,3-6,9H2. The lowest BCUT2D eigenvalue weighted by molar-refractivity contribution is 0.287. The quantitative estimate of drug-likeness (QED) is 0.571. The van der Waals surface area contributed by atoms with Crippen LogP contribution in [0.1, 0.15) is 25.7 Å². The van der Waals surface area contributed by atoms with E-state index in [1.54, 1.807) is 0 Å². The van der Waals surface area contributed by atoms with Gasteiger partial charge in [0, 0.05) is 6.04 Å². The van der Waals surface area contributed by atoms with Gasteiger partial charge in [-0.2, -0.15) is 0 Å². The van der Waals surface area contributed by atoms with E-state index in [1.165, 1.54) is 19.3 Å². The van der Waals surface area contributed by atoms with Crippen LogP contribution < -0.4 is 5.73 Å². The van der Waals surface area contributed by atoms with Gasteiger partial charge < -0.3 is 5.73 Å². The summed E-state index contributed by atoms with van der Waals surface area (Å²) < 4.78 is 0. The number of hydrogen-bond acceptors (Lipinski definition) is 1. The van der Waals surface area contributed by atoms with Gasteiger partial charge in [-0.1, -0.05) is 25.3 Å². The van der Waals surface area contributed by atoms with E-state index in [4.69, 9.17) is 5.73 Å². The van der Waals surface area contributed by atoms with Crippen molar-refractivity contribution in [1.82, 2.24) is 0 Å². The summed E-state index contributed by atoms with van der Waals surface area (Å²) in [4.78, 5) is 0. The molecule has 1 aliphatic rings. The first-order valence-corrected chi connectivity index (χ1v) is 3.71. The monoisotopic (exact) mass is 125 g/mol. The fourth-order valence-corrected chi connectivity index (χ4v) is 1.21. The van der Waals surface area contributed by atoms with Crippen LogP contribution in [0, 0.1) is 5.92 Å². The Labute approximate surface area is 56.9 Å². The van der Waals surface area contributed by atoms with Crippen LogP contribution in [-0.2, 0) is 0 Å². The molecule has 1 atom stereocenters. The summed E-state index contributed by atoms with van der Waals surface area (Å²) in [6, 6.07) is 0.246. The molecule has 2 N–H and O–H groups in total. The minimum Gasteiger partial charge on any atom is -0.324 e. The predicted molar refractivity (Wildman–Crippen MR) is 40.1 cm³/mol. The fraction of sp³-hybridized carbons (Fsp3) is 0.750. The third kappa shape index (κ3) is 1.83. The Balaban J connectivity index is 2.08. The van der Waals surface area contributed by atoms with Crippen molar-refractivity contribution in [3.63, 3.8) is 0 Å². The Kier molecular flexibility index (Phi) is 2.29. The summed E-state index contributed by atoms with van der Waals surface area (Å²) in [5.74, 6) is 0.915. The number of hydrogen-bond donors (Lipinski definition) is 1. The van der Waals surface area contributed by atoms with Crippen molar-refractivity contribution in [2.45, 2.75) is 31.7 Å². The maximum Gasteiger partial charge on any atom is 0.0223 e. The molecule has 1 rings (SSSR count). The van der Waals surface area contributed by atoms with Crippen LogP contribution in [0.5, 0.6) is 0 Å². The van der Waals surface area contributed by atoms with Gasteiger partial charge in [0.15, 0.2) is 0 Å². The van der Waals surface area contributed by atoms with Crippen molar-refractivity contribution in [3.05, 3.63) is 12.7 Å². The Morgan fingerprint density at radius 1 is 1.67 bits per heavy atom. The van der Waals surface area contributed by atoms with Crippen LogP contribution >= 0.6 is 0 Å². The van der Waals surface area contributed by atoms with E-state index in [9.17, 15) is 0 Å². The molecule has 52 valence electrons. The molecule has 1 aliphatic carbocycles. The van der Waals surface area contributed by atoms with Crippen molar-refractivity contribution >= 4 is 0 Å². The second-order valence-corrected chi connectivity index (χ2v) is 2.93. The predicted octanol–water partition coefficient (Wildman–Crippen LogP) is 1.69. The van der Waals surface area contributed by atoms with Crippen LogP contribution in [0.15, 0.2) is 12.7 Å². The molecule has 0 aromatic rings. The van der Waals surface area contributed by atoms with Gasteiger partial charge in [0.05, 0.1) is 0 Å². The Morgan fingerprint density at radius 2 is 2.33 bits per heavy atom. The van der Waals surface area contributed by atoms with Gasteiger partial charge in [0.25, 0.3) is 0 Å². The van der Waals surface area contributed by atoms with E-state index < -0.39 is 0 Å².